The summed E-state index contributed by atoms with van der Waals surface area (Å²) in [4.78, 5) is 16.6. The molecular formula is C23H25N3O2. The van der Waals surface area contributed by atoms with Gasteiger partial charge >= 0.3 is 0 Å². The molecule has 144 valence electrons. The maximum absolute atomic E-state index is 12.4. The van der Waals surface area contributed by atoms with E-state index in [-0.39, 0.29) is 5.91 Å². The summed E-state index contributed by atoms with van der Waals surface area (Å²) in [5, 5.41) is 6.28. The Kier molecular flexibility index (Phi) is 6.63. The second kappa shape index (κ2) is 9.55. The zero-order valence-electron chi connectivity index (χ0n) is 16.2. The molecule has 1 amide bonds. The Morgan fingerprint density at radius 1 is 1.07 bits per heavy atom. The lowest BCUT2D eigenvalue weighted by atomic mass is 10.1. The lowest BCUT2D eigenvalue weighted by molar-refractivity contribution is 0.0949. The average molecular weight is 375 g/mol. The van der Waals surface area contributed by atoms with Gasteiger partial charge in [0, 0.05) is 25.0 Å². The van der Waals surface area contributed by atoms with E-state index < -0.39 is 0 Å². The Labute approximate surface area is 165 Å². The number of aromatic nitrogens is 1. The van der Waals surface area contributed by atoms with Gasteiger partial charge in [0.1, 0.15) is 11.4 Å². The molecule has 0 radical (unpaired) electrons. The molecule has 3 rings (SSSR count). The fraction of sp³-hybridized carbons (Fsp3) is 0.217. The molecule has 0 atom stereocenters. The highest BCUT2D eigenvalue weighted by Gasteiger charge is 2.08. The number of nitrogens with one attached hydrogen (secondary N) is 2. The lowest BCUT2D eigenvalue weighted by Gasteiger charge is -2.10. The number of amides is 1. The van der Waals surface area contributed by atoms with Crippen molar-refractivity contribution in [3.63, 3.8) is 0 Å². The van der Waals surface area contributed by atoms with Crippen molar-refractivity contribution in [2.45, 2.75) is 19.9 Å². The molecule has 0 spiro atoms. The van der Waals surface area contributed by atoms with Crippen LogP contribution in [0, 0.1) is 6.92 Å². The number of benzene rings is 2. The van der Waals surface area contributed by atoms with Crippen molar-refractivity contribution >= 4 is 11.6 Å². The molecule has 0 saturated carbocycles. The summed E-state index contributed by atoms with van der Waals surface area (Å²) in [5.74, 6) is 0.653. The highest BCUT2D eigenvalue weighted by Crippen LogP contribution is 2.13. The Morgan fingerprint density at radius 2 is 1.86 bits per heavy atom. The number of rotatable bonds is 8. The Hall–Kier alpha value is -3.34. The number of hydrogen-bond acceptors (Lipinski definition) is 4. The van der Waals surface area contributed by atoms with Gasteiger partial charge in [-0.1, -0.05) is 36.4 Å². The van der Waals surface area contributed by atoms with Crippen LogP contribution in [0.15, 0.2) is 66.9 Å². The van der Waals surface area contributed by atoms with Crippen LogP contribution in [0.2, 0.25) is 0 Å². The third kappa shape index (κ3) is 5.33. The third-order valence-electron chi connectivity index (χ3n) is 4.60. The second-order valence-electron chi connectivity index (χ2n) is 6.56. The molecule has 2 aromatic carbocycles. The summed E-state index contributed by atoms with van der Waals surface area (Å²) in [6, 6.07) is 19.7. The lowest BCUT2D eigenvalue weighted by Crippen LogP contribution is -2.26. The maximum Gasteiger partial charge on any atom is 0.269 e. The third-order valence-corrected chi connectivity index (χ3v) is 4.60. The number of hydrogen-bond donors (Lipinski definition) is 2. The first-order valence-electron chi connectivity index (χ1n) is 9.31. The van der Waals surface area contributed by atoms with Crippen molar-refractivity contribution in [1.29, 1.82) is 0 Å². The van der Waals surface area contributed by atoms with Gasteiger partial charge in [0.25, 0.3) is 5.91 Å². The van der Waals surface area contributed by atoms with Gasteiger partial charge in [-0.2, -0.15) is 0 Å². The van der Waals surface area contributed by atoms with Crippen LogP contribution in [0.1, 0.15) is 27.2 Å². The number of pyridine rings is 1. The van der Waals surface area contributed by atoms with Gasteiger partial charge in [0.05, 0.1) is 7.11 Å². The average Bonchev–Trinajstić information content (AvgIpc) is 2.74. The topological polar surface area (TPSA) is 63.2 Å². The first-order valence-corrected chi connectivity index (χ1v) is 9.31. The molecular weight excluding hydrogens is 350 g/mol. The number of ether oxygens (including phenoxy) is 1. The van der Waals surface area contributed by atoms with Crippen LogP contribution in [0.3, 0.4) is 0 Å². The van der Waals surface area contributed by atoms with Crippen LogP contribution in [0.5, 0.6) is 5.75 Å². The van der Waals surface area contributed by atoms with Gasteiger partial charge in [0.15, 0.2) is 0 Å². The van der Waals surface area contributed by atoms with E-state index in [9.17, 15) is 4.79 Å². The molecule has 0 aliphatic rings. The van der Waals surface area contributed by atoms with E-state index in [1.54, 1.807) is 19.4 Å². The minimum atomic E-state index is -0.173. The molecule has 0 saturated heterocycles. The van der Waals surface area contributed by atoms with E-state index >= 15 is 0 Å². The van der Waals surface area contributed by atoms with Crippen LogP contribution in [0.25, 0.3) is 0 Å². The molecule has 0 unspecified atom stereocenters. The van der Waals surface area contributed by atoms with Crippen LogP contribution >= 0.6 is 0 Å². The Morgan fingerprint density at radius 3 is 2.61 bits per heavy atom. The monoisotopic (exact) mass is 375 g/mol. The maximum atomic E-state index is 12.4. The van der Waals surface area contributed by atoms with Crippen LogP contribution in [-0.2, 0) is 13.0 Å². The normalized spacial score (nSPS) is 10.4. The summed E-state index contributed by atoms with van der Waals surface area (Å²) in [6.07, 6.45) is 2.40. The highest BCUT2D eigenvalue weighted by molar-refractivity contribution is 5.93. The number of carbonyl (C=O) groups excluding carboxylic acids is 1. The number of nitrogens with zero attached hydrogens (tertiary/aromatic N) is 1. The molecule has 28 heavy (non-hydrogen) atoms. The van der Waals surface area contributed by atoms with Crippen molar-refractivity contribution in [2.75, 3.05) is 19.0 Å². The van der Waals surface area contributed by atoms with Crippen molar-refractivity contribution in [2.24, 2.45) is 0 Å². The van der Waals surface area contributed by atoms with Crippen LogP contribution in [0.4, 0.5) is 5.69 Å². The predicted octanol–water partition coefficient (Wildman–Crippen LogP) is 3.98. The minimum Gasteiger partial charge on any atom is -0.497 e. The largest absolute Gasteiger partial charge is 0.497 e. The molecule has 0 aliphatic carbocycles. The van der Waals surface area contributed by atoms with Gasteiger partial charge in [-0.25, -0.2) is 0 Å². The standard InChI is InChI=1S/C23H25N3O2/c1-17-5-3-4-6-19(17)16-26-20-12-14-24-22(15-20)23(27)25-13-11-18-7-9-21(28-2)10-8-18/h3-10,12,14-15H,11,13,16H2,1-2H3,(H,24,26)(H,25,27). The highest BCUT2D eigenvalue weighted by atomic mass is 16.5. The molecule has 5 nitrogen and oxygen atoms in total. The van der Waals surface area contributed by atoms with Gasteiger partial charge in [0.2, 0.25) is 0 Å². The molecule has 3 aromatic rings. The fourth-order valence-corrected chi connectivity index (χ4v) is 2.87. The number of methoxy groups -OCH3 is 1. The Bertz CT molecular complexity index is 923. The number of carbonyl (C=O) groups is 1. The quantitative estimate of drug-likeness (QED) is 0.625. The smallest absolute Gasteiger partial charge is 0.269 e. The number of aryl methyl sites for hydroxylation is 1. The summed E-state index contributed by atoms with van der Waals surface area (Å²) in [7, 11) is 1.65. The van der Waals surface area contributed by atoms with E-state index in [1.165, 1.54) is 11.1 Å². The van der Waals surface area contributed by atoms with Gasteiger partial charge in [-0.3, -0.25) is 9.78 Å². The molecule has 0 aliphatic heterocycles. The van der Waals surface area contributed by atoms with E-state index in [4.69, 9.17) is 4.74 Å². The molecule has 1 heterocycles. The van der Waals surface area contributed by atoms with Crippen LogP contribution < -0.4 is 15.4 Å². The minimum absolute atomic E-state index is 0.173. The molecule has 1 aromatic heterocycles. The predicted molar refractivity (Wildman–Crippen MR) is 112 cm³/mol. The van der Waals surface area contributed by atoms with E-state index in [2.05, 4.69) is 34.7 Å². The Balaban J connectivity index is 1.52. The first-order chi connectivity index (χ1) is 13.7. The molecule has 0 fully saturated rings. The van der Waals surface area contributed by atoms with E-state index in [1.807, 2.05) is 42.5 Å². The van der Waals surface area contributed by atoms with Gasteiger partial charge in [-0.05, 0) is 54.3 Å². The first kappa shape index (κ1) is 19.4. The summed E-state index contributed by atoms with van der Waals surface area (Å²) in [5.41, 5.74) is 4.89. The molecule has 5 heteroatoms. The number of anilines is 1. The zero-order valence-corrected chi connectivity index (χ0v) is 16.2. The summed E-state index contributed by atoms with van der Waals surface area (Å²) >= 11 is 0. The SMILES string of the molecule is COc1ccc(CCNC(=O)c2cc(NCc3ccccc3C)ccn2)cc1. The molecule has 0 bridgehead atoms. The van der Waals surface area contributed by atoms with Crippen molar-refractivity contribution in [3.05, 3.63) is 89.2 Å². The van der Waals surface area contributed by atoms with E-state index in [0.717, 1.165) is 23.4 Å². The zero-order chi connectivity index (χ0) is 19.8. The van der Waals surface area contributed by atoms with Crippen LogP contribution in [-0.4, -0.2) is 24.5 Å². The van der Waals surface area contributed by atoms with Crippen molar-refractivity contribution in [1.82, 2.24) is 10.3 Å². The van der Waals surface area contributed by atoms with Crippen molar-refractivity contribution < 1.29 is 9.53 Å². The molecule has 2 N–H and O–H groups in total. The van der Waals surface area contributed by atoms with Gasteiger partial charge < -0.3 is 15.4 Å². The fourth-order valence-electron chi connectivity index (χ4n) is 2.87. The summed E-state index contributed by atoms with van der Waals surface area (Å²) < 4.78 is 5.15. The van der Waals surface area contributed by atoms with Crippen molar-refractivity contribution in [3.8, 4) is 5.75 Å². The summed E-state index contributed by atoms with van der Waals surface area (Å²) in [6.45, 7) is 3.34. The van der Waals surface area contributed by atoms with E-state index in [0.29, 0.717) is 18.8 Å². The van der Waals surface area contributed by atoms with Gasteiger partial charge in [-0.15, -0.1) is 0 Å². The second-order valence-corrected chi connectivity index (χ2v) is 6.56.